The van der Waals surface area contributed by atoms with Crippen molar-refractivity contribution in [2.45, 2.75) is 142 Å². The molecule has 0 aromatic carbocycles. The third-order valence-corrected chi connectivity index (χ3v) is 5.01. The molecule has 0 bridgehead atoms. The van der Waals surface area contributed by atoms with Crippen LogP contribution < -0.4 is 0 Å². The van der Waals surface area contributed by atoms with Crippen LogP contribution in [0.2, 0.25) is 0 Å². The minimum absolute atomic E-state index is 0.0216. The summed E-state index contributed by atoms with van der Waals surface area (Å²) in [6, 6.07) is 0. The lowest BCUT2D eigenvalue weighted by Gasteiger charge is -2.07. The predicted molar refractivity (Wildman–Crippen MR) is 119 cm³/mol. The van der Waals surface area contributed by atoms with Crippen molar-refractivity contribution in [3.05, 3.63) is 12.2 Å². The Kier molecular flexibility index (Phi) is 20.9. The molecule has 0 amide bonds. The van der Waals surface area contributed by atoms with Gasteiger partial charge in [0.05, 0.1) is 6.10 Å². The van der Waals surface area contributed by atoms with Gasteiger partial charge in [-0.3, -0.25) is 4.79 Å². The average Bonchev–Trinajstić information content (AvgIpc) is 2.63. The Bertz CT molecular complexity index is 333. The summed E-state index contributed by atoms with van der Waals surface area (Å²) in [4.78, 5) is 11.4. The average molecular weight is 381 g/mol. The van der Waals surface area contributed by atoms with Crippen molar-refractivity contribution in [3.8, 4) is 0 Å². The van der Waals surface area contributed by atoms with E-state index in [0.29, 0.717) is 6.42 Å². The van der Waals surface area contributed by atoms with Gasteiger partial charge < -0.3 is 4.74 Å². The minimum atomic E-state index is -0.0361. The molecular formula is C25H48O2. The van der Waals surface area contributed by atoms with Crippen molar-refractivity contribution in [1.82, 2.24) is 0 Å². The molecule has 0 saturated heterocycles. The second-order valence-corrected chi connectivity index (χ2v) is 8.29. The van der Waals surface area contributed by atoms with Crippen molar-refractivity contribution in [2.24, 2.45) is 0 Å². The second kappa shape index (κ2) is 21.5. The minimum Gasteiger partial charge on any atom is -0.463 e. The molecule has 0 aromatic heterocycles. The number of carbonyl (C=O) groups excluding carboxylic acids is 1. The maximum absolute atomic E-state index is 11.4. The number of rotatable bonds is 20. The maximum atomic E-state index is 11.4. The van der Waals surface area contributed by atoms with E-state index in [-0.39, 0.29) is 12.1 Å². The van der Waals surface area contributed by atoms with Crippen LogP contribution in [0.1, 0.15) is 136 Å². The fraction of sp³-hybridized carbons (Fsp3) is 0.880. The third kappa shape index (κ3) is 23.2. The Labute approximate surface area is 170 Å². The van der Waals surface area contributed by atoms with Crippen LogP contribution in [0, 0.1) is 0 Å². The van der Waals surface area contributed by atoms with E-state index in [0.717, 1.165) is 12.8 Å². The van der Waals surface area contributed by atoms with Crippen LogP contribution in [0.25, 0.3) is 0 Å². The summed E-state index contributed by atoms with van der Waals surface area (Å²) in [6.45, 7) is 6.09. The van der Waals surface area contributed by atoms with Gasteiger partial charge in [-0.2, -0.15) is 0 Å². The van der Waals surface area contributed by atoms with E-state index >= 15 is 0 Å². The van der Waals surface area contributed by atoms with Gasteiger partial charge >= 0.3 is 5.97 Å². The first kappa shape index (κ1) is 26.2. The van der Waals surface area contributed by atoms with Gasteiger partial charge in [0.1, 0.15) is 0 Å². The SMILES string of the molecule is CCCCCCCC/C=C/CCCCCCCCCCCC(=O)OC(C)C. The maximum Gasteiger partial charge on any atom is 0.306 e. The van der Waals surface area contributed by atoms with Crippen LogP contribution in [-0.2, 0) is 9.53 Å². The van der Waals surface area contributed by atoms with E-state index < -0.39 is 0 Å². The highest BCUT2D eigenvalue weighted by Crippen LogP contribution is 2.12. The molecule has 0 aliphatic rings. The zero-order valence-electron chi connectivity index (χ0n) is 18.8. The zero-order chi connectivity index (χ0) is 20.0. The Balaban J connectivity index is 3.14. The van der Waals surface area contributed by atoms with Crippen LogP contribution in [0.3, 0.4) is 0 Å². The van der Waals surface area contributed by atoms with Crippen LogP contribution in [0.5, 0.6) is 0 Å². The molecule has 0 rings (SSSR count). The molecule has 2 nitrogen and oxygen atoms in total. The molecule has 0 aromatic rings. The zero-order valence-corrected chi connectivity index (χ0v) is 18.8. The van der Waals surface area contributed by atoms with Crippen molar-refractivity contribution >= 4 is 5.97 Å². The Morgan fingerprint density at radius 2 is 1.07 bits per heavy atom. The Hall–Kier alpha value is -0.790. The molecule has 0 heterocycles. The number of hydrogen-bond acceptors (Lipinski definition) is 2. The van der Waals surface area contributed by atoms with Crippen molar-refractivity contribution in [1.29, 1.82) is 0 Å². The van der Waals surface area contributed by atoms with Gasteiger partial charge in [0, 0.05) is 6.42 Å². The molecule has 0 aliphatic carbocycles. The van der Waals surface area contributed by atoms with Gasteiger partial charge in [-0.05, 0) is 46.0 Å². The second-order valence-electron chi connectivity index (χ2n) is 8.29. The first-order valence-electron chi connectivity index (χ1n) is 12.0. The molecule has 160 valence electrons. The van der Waals surface area contributed by atoms with E-state index in [1.165, 1.54) is 96.3 Å². The van der Waals surface area contributed by atoms with E-state index in [1.807, 2.05) is 13.8 Å². The standard InChI is InChI=1S/C25H48O2/c1-4-5-6-7-8-9-10-11-12-13-14-15-16-17-18-19-20-21-22-23-25(26)27-24(2)3/h11-12,24H,4-10,13-23H2,1-3H3/b12-11+. The first-order chi connectivity index (χ1) is 13.2. The van der Waals surface area contributed by atoms with Crippen LogP contribution in [0.15, 0.2) is 12.2 Å². The number of ether oxygens (including phenoxy) is 1. The lowest BCUT2D eigenvalue weighted by Crippen LogP contribution is -2.10. The molecule has 0 unspecified atom stereocenters. The largest absolute Gasteiger partial charge is 0.463 e. The molecule has 0 atom stereocenters. The van der Waals surface area contributed by atoms with Crippen molar-refractivity contribution in [3.63, 3.8) is 0 Å². The van der Waals surface area contributed by atoms with E-state index in [9.17, 15) is 4.79 Å². The topological polar surface area (TPSA) is 26.3 Å². The summed E-state index contributed by atoms with van der Waals surface area (Å²) >= 11 is 0. The first-order valence-corrected chi connectivity index (χ1v) is 12.0. The molecular weight excluding hydrogens is 332 g/mol. The van der Waals surface area contributed by atoms with Gasteiger partial charge in [-0.1, -0.05) is 96.1 Å². The van der Waals surface area contributed by atoms with Gasteiger partial charge in [-0.15, -0.1) is 0 Å². The summed E-state index contributed by atoms with van der Waals surface area (Å²) in [5, 5.41) is 0. The van der Waals surface area contributed by atoms with Crippen LogP contribution in [0.4, 0.5) is 0 Å². The fourth-order valence-electron chi connectivity index (χ4n) is 3.37. The highest BCUT2D eigenvalue weighted by molar-refractivity contribution is 5.69. The fourth-order valence-corrected chi connectivity index (χ4v) is 3.37. The summed E-state index contributed by atoms with van der Waals surface area (Å²) < 4.78 is 5.14. The molecule has 0 aliphatic heterocycles. The molecule has 0 spiro atoms. The van der Waals surface area contributed by atoms with Gasteiger partial charge in [-0.25, -0.2) is 0 Å². The predicted octanol–water partition coefficient (Wildman–Crippen LogP) is 8.54. The molecule has 0 saturated carbocycles. The van der Waals surface area contributed by atoms with Crippen LogP contribution in [-0.4, -0.2) is 12.1 Å². The molecule has 0 fully saturated rings. The van der Waals surface area contributed by atoms with E-state index in [1.54, 1.807) is 0 Å². The lowest BCUT2D eigenvalue weighted by molar-refractivity contribution is -0.147. The highest BCUT2D eigenvalue weighted by atomic mass is 16.5. The van der Waals surface area contributed by atoms with Crippen molar-refractivity contribution in [2.75, 3.05) is 0 Å². The number of unbranched alkanes of at least 4 members (excludes halogenated alkanes) is 15. The Morgan fingerprint density at radius 1 is 0.667 bits per heavy atom. The molecule has 0 N–H and O–H groups in total. The lowest BCUT2D eigenvalue weighted by atomic mass is 10.1. The number of esters is 1. The van der Waals surface area contributed by atoms with E-state index in [2.05, 4.69) is 19.1 Å². The van der Waals surface area contributed by atoms with Crippen molar-refractivity contribution < 1.29 is 9.53 Å². The normalized spacial score (nSPS) is 11.6. The monoisotopic (exact) mass is 380 g/mol. The summed E-state index contributed by atoms with van der Waals surface area (Å²) in [7, 11) is 0. The van der Waals surface area contributed by atoms with E-state index in [4.69, 9.17) is 4.74 Å². The summed E-state index contributed by atoms with van der Waals surface area (Å²) in [5.74, 6) is -0.0361. The number of hydrogen-bond donors (Lipinski definition) is 0. The van der Waals surface area contributed by atoms with Crippen LogP contribution >= 0.6 is 0 Å². The Morgan fingerprint density at radius 3 is 1.52 bits per heavy atom. The smallest absolute Gasteiger partial charge is 0.306 e. The molecule has 27 heavy (non-hydrogen) atoms. The third-order valence-electron chi connectivity index (χ3n) is 5.01. The number of allylic oxidation sites excluding steroid dienone is 2. The molecule has 0 radical (unpaired) electrons. The van der Waals surface area contributed by atoms with Gasteiger partial charge in [0.15, 0.2) is 0 Å². The highest BCUT2D eigenvalue weighted by Gasteiger charge is 2.04. The van der Waals surface area contributed by atoms with Gasteiger partial charge in [0.25, 0.3) is 0 Å². The van der Waals surface area contributed by atoms with Gasteiger partial charge in [0.2, 0.25) is 0 Å². The summed E-state index contributed by atoms with van der Waals surface area (Å²) in [5.41, 5.74) is 0. The quantitative estimate of drug-likeness (QED) is 0.120. The number of carbonyl (C=O) groups is 1. The summed E-state index contributed by atoms with van der Waals surface area (Å²) in [6.07, 6.45) is 27.9. The molecule has 2 heteroatoms.